The summed E-state index contributed by atoms with van der Waals surface area (Å²) in [7, 11) is 1.93. The Balaban J connectivity index is 1.90. The lowest BCUT2D eigenvalue weighted by Gasteiger charge is -2.13. The first-order chi connectivity index (χ1) is 9.84. The quantitative estimate of drug-likeness (QED) is 0.579. The summed E-state index contributed by atoms with van der Waals surface area (Å²) >= 11 is 0. The summed E-state index contributed by atoms with van der Waals surface area (Å²) in [5.41, 5.74) is 1.84. The second kappa shape index (κ2) is 4.02. The normalized spacial score (nSPS) is 11.2. The van der Waals surface area contributed by atoms with E-state index in [0.717, 1.165) is 33.4 Å². The Morgan fingerprint density at radius 1 is 0.850 bits per heavy atom. The van der Waals surface area contributed by atoms with Gasteiger partial charge in [0.1, 0.15) is 0 Å². The van der Waals surface area contributed by atoms with Gasteiger partial charge in [0.2, 0.25) is 0 Å². The van der Waals surface area contributed by atoms with E-state index in [1.807, 2.05) is 24.1 Å². The highest BCUT2D eigenvalue weighted by Gasteiger charge is 2.16. The molecule has 0 fully saturated rings. The number of nitrogens with zero attached hydrogens (tertiary/aromatic N) is 5. The lowest BCUT2D eigenvalue weighted by atomic mass is 10.3. The summed E-state index contributed by atoms with van der Waals surface area (Å²) in [4.78, 5) is 10.2. The van der Waals surface area contributed by atoms with E-state index in [1.165, 1.54) is 0 Å². The van der Waals surface area contributed by atoms with Gasteiger partial charge in [0.05, 0.1) is 22.6 Å². The molecule has 0 aliphatic heterocycles. The minimum Gasteiger partial charge on any atom is -0.310 e. The molecule has 0 radical (unpaired) electrons. The van der Waals surface area contributed by atoms with Crippen LogP contribution in [0.5, 0.6) is 0 Å². The Morgan fingerprint density at radius 2 is 1.55 bits per heavy atom. The number of nitrogens with one attached hydrogen (secondary N) is 2. The molecule has 0 aromatic carbocycles. The topological polar surface area (TPSA) is 86.4 Å². The Hall–Kier alpha value is -2.96. The fraction of sp³-hybridized carbons (Fsp3) is 0.0769. The van der Waals surface area contributed by atoms with Crippen molar-refractivity contribution in [1.29, 1.82) is 0 Å². The minimum atomic E-state index is 0.790. The number of pyridine rings is 2. The van der Waals surface area contributed by atoms with Crippen molar-refractivity contribution >= 4 is 33.4 Å². The van der Waals surface area contributed by atoms with Crippen molar-refractivity contribution in [3.8, 4) is 0 Å². The number of anilines is 2. The number of H-pyrrole nitrogens is 2. The lowest BCUT2D eigenvalue weighted by molar-refractivity contribution is 1.01. The molecule has 4 heterocycles. The van der Waals surface area contributed by atoms with Gasteiger partial charge >= 0.3 is 0 Å². The highest BCUT2D eigenvalue weighted by Crippen LogP contribution is 2.30. The van der Waals surface area contributed by atoms with Crippen LogP contribution >= 0.6 is 0 Å². The molecule has 4 rings (SSSR count). The van der Waals surface area contributed by atoms with Gasteiger partial charge < -0.3 is 4.90 Å². The highest BCUT2D eigenvalue weighted by atomic mass is 15.3. The van der Waals surface area contributed by atoms with Gasteiger partial charge in [-0.15, -0.1) is 0 Å². The standard InChI is InChI=1S/C13H11N7/c1-20(12-8-2-4-15-7-11(8)17-18-12)13-9-6-14-5-3-10(9)16-19-13/h2-7H,1H3,(H,16,19)(H,17,18). The maximum Gasteiger partial charge on any atom is 0.165 e. The van der Waals surface area contributed by atoms with E-state index < -0.39 is 0 Å². The number of fused-ring (bicyclic) bond motifs is 2. The van der Waals surface area contributed by atoms with E-state index in [4.69, 9.17) is 0 Å². The van der Waals surface area contributed by atoms with Gasteiger partial charge in [-0.25, -0.2) is 0 Å². The van der Waals surface area contributed by atoms with Crippen LogP contribution in [0.15, 0.2) is 36.9 Å². The molecule has 0 aliphatic rings. The van der Waals surface area contributed by atoms with E-state index in [1.54, 1.807) is 24.8 Å². The zero-order valence-electron chi connectivity index (χ0n) is 10.7. The van der Waals surface area contributed by atoms with E-state index in [-0.39, 0.29) is 0 Å². The summed E-state index contributed by atoms with van der Waals surface area (Å²) < 4.78 is 0. The molecule has 0 atom stereocenters. The first-order valence-electron chi connectivity index (χ1n) is 6.14. The van der Waals surface area contributed by atoms with Crippen molar-refractivity contribution in [3.63, 3.8) is 0 Å². The summed E-state index contributed by atoms with van der Waals surface area (Å²) in [5, 5.41) is 16.6. The van der Waals surface area contributed by atoms with Gasteiger partial charge in [0.25, 0.3) is 0 Å². The van der Waals surface area contributed by atoms with Crippen LogP contribution < -0.4 is 4.90 Å². The Bertz CT molecular complexity index is 818. The van der Waals surface area contributed by atoms with Crippen molar-refractivity contribution in [3.05, 3.63) is 36.9 Å². The number of hydrogen-bond donors (Lipinski definition) is 2. The van der Waals surface area contributed by atoms with E-state index in [0.29, 0.717) is 0 Å². The predicted octanol–water partition coefficient (Wildman–Crippen LogP) is 2.00. The van der Waals surface area contributed by atoms with Crippen molar-refractivity contribution in [2.75, 3.05) is 11.9 Å². The van der Waals surface area contributed by atoms with Crippen molar-refractivity contribution < 1.29 is 0 Å². The third-order valence-corrected chi connectivity index (χ3v) is 3.32. The fourth-order valence-electron chi connectivity index (χ4n) is 2.31. The minimum absolute atomic E-state index is 0.790. The van der Waals surface area contributed by atoms with Gasteiger partial charge in [-0.1, -0.05) is 0 Å². The molecule has 0 spiro atoms. The molecule has 0 aliphatic carbocycles. The van der Waals surface area contributed by atoms with Crippen molar-refractivity contribution in [1.82, 2.24) is 30.4 Å². The second-order valence-corrected chi connectivity index (χ2v) is 4.50. The third kappa shape index (κ3) is 1.46. The number of rotatable bonds is 2. The monoisotopic (exact) mass is 265 g/mol. The van der Waals surface area contributed by atoms with Crippen LogP contribution in [0.4, 0.5) is 11.6 Å². The lowest BCUT2D eigenvalue weighted by Crippen LogP contribution is -2.11. The van der Waals surface area contributed by atoms with Crippen LogP contribution in [0.25, 0.3) is 21.8 Å². The highest BCUT2D eigenvalue weighted by molar-refractivity contribution is 5.96. The maximum atomic E-state index is 4.35. The van der Waals surface area contributed by atoms with Crippen LogP contribution in [-0.2, 0) is 0 Å². The molecule has 0 unspecified atom stereocenters. The zero-order valence-corrected chi connectivity index (χ0v) is 10.7. The van der Waals surface area contributed by atoms with Crippen LogP contribution in [0, 0.1) is 0 Å². The molecule has 4 aromatic rings. The fourth-order valence-corrected chi connectivity index (χ4v) is 2.31. The molecule has 2 N–H and O–H groups in total. The van der Waals surface area contributed by atoms with Crippen LogP contribution in [0.2, 0.25) is 0 Å². The molecule has 0 saturated heterocycles. The largest absolute Gasteiger partial charge is 0.310 e. The van der Waals surface area contributed by atoms with Gasteiger partial charge in [0, 0.05) is 31.0 Å². The van der Waals surface area contributed by atoms with E-state index >= 15 is 0 Å². The van der Waals surface area contributed by atoms with Crippen LogP contribution in [0.3, 0.4) is 0 Å². The zero-order chi connectivity index (χ0) is 13.5. The van der Waals surface area contributed by atoms with Crippen molar-refractivity contribution in [2.24, 2.45) is 0 Å². The summed E-state index contributed by atoms with van der Waals surface area (Å²) in [6.45, 7) is 0. The Labute approximate surface area is 113 Å². The molecule has 7 nitrogen and oxygen atoms in total. The first kappa shape index (κ1) is 10.9. The second-order valence-electron chi connectivity index (χ2n) is 4.50. The van der Waals surface area contributed by atoms with Crippen LogP contribution in [0.1, 0.15) is 0 Å². The van der Waals surface area contributed by atoms with E-state index in [9.17, 15) is 0 Å². The molecule has 0 amide bonds. The summed E-state index contributed by atoms with van der Waals surface area (Å²) in [6.07, 6.45) is 7.03. The summed E-state index contributed by atoms with van der Waals surface area (Å²) in [5.74, 6) is 1.60. The molecule has 0 bridgehead atoms. The number of aromatic nitrogens is 6. The molecular formula is C13H11N7. The molecule has 98 valence electrons. The Morgan fingerprint density at radius 3 is 2.45 bits per heavy atom. The third-order valence-electron chi connectivity index (χ3n) is 3.32. The molecule has 0 saturated carbocycles. The SMILES string of the molecule is CN(c1n[nH]c2cnccc12)c1n[nH]c2ccncc12. The van der Waals surface area contributed by atoms with Gasteiger partial charge in [-0.05, 0) is 12.1 Å². The molecular weight excluding hydrogens is 254 g/mol. The van der Waals surface area contributed by atoms with Gasteiger partial charge in [-0.2, -0.15) is 10.2 Å². The average Bonchev–Trinajstić information content (AvgIpc) is 3.11. The van der Waals surface area contributed by atoms with Gasteiger partial charge in [0.15, 0.2) is 11.6 Å². The maximum absolute atomic E-state index is 4.35. The molecule has 20 heavy (non-hydrogen) atoms. The summed E-state index contributed by atoms with van der Waals surface area (Å²) in [6, 6.07) is 3.82. The first-order valence-corrected chi connectivity index (χ1v) is 6.14. The predicted molar refractivity (Wildman–Crippen MR) is 75.8 cm³/mol. The van der Waals surface area contributed by atoms with Gasteiger partial charge in [-0.3, -0.25) is 20.2 Å². The van der Waals surface area contributed by atoms with E-state index in [2.05, 4.69) is 30.4 Å². The molecule has 4 aromatic heterocycles. The smallest absolute Gasteiger partial charge is 0.165 e. The number of hydrogen-bond acceptors (Lipinski definition) is 5. The average molecular weight is 265 g/mol. The molecule has 7 heteroatoms. The van der Waals surface area contributed by atoms with Crippen LogP contribution in [-0.4, -0.2) is 37.4 Å². The number of aromatic amines is 2. The Kier molecular flexibility index (Phi) is 2.19. The van der Waals surface area contributed by atoms with Crippen molar-refractivity contribution in [2.45, 2.75) is 0 Å².